The summed E-state index contributed by atoms with van der Waals surface area (Å²) in [6.07, 6.45) is 2.97. The monoisotopic (exact) mass is 224 g/mol. The molecule has 0 unspecified atom stereocenters. The number of hydrogen-bond acceptors (Lipinski definition) is 5. The second kappa shape index (κ2) is 4.89. The number of hydrogen-bond donors (Lipinski definition) is 0. The number of aromatic nitrogens is 1. The van der Waals surface area contributed by atoms with Crippen molar-refractivity contribution >= 4 is 5.69 Å². The smallest absolute Gasteiger partial charge is 0.287 e. The van der Waals surface area contributed by atoms with Gasteiger partial charge in [-0.15, -0.1) is 0 Å². The lowest BCUT2D eigenvalue weighted by atomic mass is 10.1. The summed E-state index contributed by atoms with van der Waals surface area (Å²) in [7, 11) is 0. The summed E-state index contributed by atoms with van der Waals surface area (Å²) in [5, 5.41) is 10.4. The topological polar surface area (TPSA) is 74.5 Å². The van der Waals surface area contributed by atoms with Crippen LogP contribution in [0.2, 0.25) is 0 Å². The second-order valence-electron chi connectivity index (χ2n) is 3.54. The summed E-state index contributed by atoms with van der Waals surface area (Å²) >= 11 is 0. The average molecular weight is 224 g/mol. The largest absolute Gasteiger partial charge is 0.474 e. The number of nitro groups is 1. The first-order valence-corrected chi connectivity index (χ1v) is 5.10. The maximum atomic E-state index is 10.4. The summed E-state index contributed by atoms with van der Waals surface area (Å²) in [5.41, 5.74) is -0.0284. The Morgan fingerprint density at radius 2 is 2.19 bits per heavy atom. The van der Waals surface area contributed by atoms with Gasteiger partial charge in [-0.3, -0.25) is 10.1 Å². The molecule has 1 aromatic heterocycles. The third kappa shape index (κ3) is 2.66. The molecule has 1 aliphatic heterocycles. The molecule has 0 radical (unpaired) electrons. The van der Waals surface area contributed by atoms with Gasteiger partial charge in [0.2, 0.25) is 5.88 Å². The normalized spacial score (nSPS) is 17.0. The Balaban J connectivity index is 1.96. The maximum Gasteiger partial charge on any atom is 0.287 e. The number of ether oxygens (including phenoxy) is 2. The molecule has 0 amide bonds. The first-order valence-electron chi connectivity index (χ1n) is 5.10. The summed E-state index contributed by atoms with van der Waals surface area (Å²) in [5.74, 6) is 0.428. The van der Waals surface area contributed by atoms with E-state index in [-0.39, 0.29) is 11.8 Å². The van der Waals surface area contributed by atoms with E-state index in [1.165, 1.54) is 18.3 Å². The second-order valence-corrected chi connectivity index (χ2v) is 3.54. The lowest BCUT2D eigenvalue weighted by molar-refractivity contribution is -0.385. The molecule has 6 heteroatoms. The summed E-state index contributed by atoms with van der Waals surface area (Å²) in [6, 6.07) is 2.91. The predicted molar refractivity (Wildman–Crippen MR) is 55.4 cm³/mol. The molecule has 0 saturated carbocycles. The molecule has 0 spiro atoms. The van der Waals surface area contributed by atoms with E-state index in [9.17, 15) is 10.1 Å². The minimum absolute atomic E-state index is 0.0284. The molecule has 1 aromatic rings. The van der Waals surface area contributed by atoms with Crippen LogP contribution in [0, 0.1) is 10.1 Å². The highest BCUT2D eigenvalue weighted by Gasteiger charge is 2.16. The SMILES string of the molecule is O=[N+]([O-])c1ccc(OC2CCOCC2)nc1. The van der Waals surface area contributed by atoms with Crippen molar-refractivity contribution in [3.8, 4) is 5.88 Å². The Morgan fingerprint density at radius 1 is 1.44 bits per heavy atom. The Bertz CT molecular complexity index is 360. The van der Waals surface area contributed by atoms with Crippen molar-refractivity contribution < 1.29 is 14.4 Å². The van der Waals surface area contributed by atoms with Crippen LogP contribution in [0.25, 0.3) is 0 Å². The van der Waals surface area contributed by atoms with Crippen LogP contribution in [0.3, 0.4) is 0 Å². The molecule has 1 aliphatic rings. The molecular weight excluding hydrogens is 212 g/mol. The van der Waals surface area contributed by atoms with Crippen molar-refractivity contribution in [2.75, 3.05) is 13.2 Å². The fraction of sp³-hybridized carbons (Fsp3) is 0.500. The number of nitrogens with zero attached hydrogens (tertiary/aromatic N) is 2. The van der Waals surface area contributed by atoms with Crippen LogP contribution in [-0.4, -0.2) is 29.2 Å². The van der Waals surface area contributed by atoms with Gasteiger partial charge >= 0.3 is 0 Å². The number of rotatable bonds is 3. The summed E-state index contributed by atoms with van der Waals surface area (Å²) in [4.78, 5) is 13.8. The van der Waals surface area contributed by atoms with Gasteiger partial charge in [0.25, 0.3) is 5.69 Å². The Kier molecular flexibility index (Phi) is 3.31. The Hall–Kier alpha value is -1.69. The quantitative estimate of drug-likeness (QED) is 0.575. The third-order valence-corrected chi connectivity index (χ3v) is 2.39. The van der Waals surface area contributed by atoms with Gasteiger partial charge in [0.1, 0.15) is 12.3 Å². The molecule has 0 bridgehead atoms. The van der Waals surface area contributed by atoms with E-state index in [1.807, 2.05) is 0 Å². The van der Waals surface area contributed by atoms with Crippen LogP contribution in [0.15, 0.2) is 18.3 Å². The van der Waals surface area contributed by atoms with Crippen LogP contribution in [0.1, 0.15) is 12.8 Å². The van der Waals surface area contributed by atoms with Gasteiger partial charge in [0.05, 0.1) is 18.1 Å². The van der Waals surface area contributed by atoms with E-state index < -0.39 is 4.92 Å². The molecule has 1 fully saturated rings. The van der Waals surface area contributed by atoms with E-state index in [0.717, 1.165) is 12.8 Å². The zero-order valence-corrected chi connectivity index (χ0v) is 8.67. The highest BCUT2D eigenvalue weighted by Crippen LogP contribution is 2.18. The molecule has 0 aliphatic carbocycles. The van der Waals surface area contributed by atoms with Crippen LogP contribution in [-0.2, 0) is 4.74 Å². The van der Waals surface area contributed by atoms with Gasteiger partial charge in [0, 0.05) is 25.0 Å². The van der Waals surface area contributed by atoms with Crippen molar-refractivity contribution in [2.24, 2.45) is 0 Å². The van der Waals surface area contributed by atoms with Crippen molar-refractivity contribution in [2.45, 2.75) is 18.9 Å². The van der Waals surface area contributed by atoms with E-state index in [4.69, 9.17) is 9.47 Å². The Labute approximate surface area is 92.3 Å². The molecule has 16 heavy (non-hydrogen) atoms. The van der Waals surface area contributed by atoms with E-state index in [0.29, 0.717) is 19.1 Å². The highest BCUT2D eigenvalue weighted by atomic mass is 16.6. The molecule has 1 saturated heterocycles. The fourth-order valence-electron chi connectivity index (χ4n) is 1.51. The van der Waals surface area contributed by atoms with Crippen molar-refractivity contribution in [3.05, 3.63) is 28.4 Å². The summed E-state index contributed by atoms with van der Waals surface area (Å²) in [6.45, 7) is 1.38. The minimum Gasteiger partial charge on any atom is -0.474 e. The molecule has 0 aromatic carbocycles. The van der Waals surface area contributed by atoms with Crippen molar-refractivity contribution in [3.63, 3.8) is 0 Å². The highest BCUT2D eigenvalue weighted by molar-refractivity contribution is 5.28. The first-order chi connectivity index (χ1) is 7.75. The van der Waals surface area contributed by atoms with E-state index in [1.54, 1.807) is 0 Å². The lowest BCUT2D eigenvalue weighted by Crippen LogP contribution is -2.26. The maximum absolute atomic E-state index is 10.4. The lowest BCUT2D eigenvalue weighted by Gasteiger charge is -2.22. The van der Waals surface area contributed by atoms with Gasteiger partial charge in [-0.2, -0.15) is 0 Å². The van der Waals surface area contributed by atoms with Crippen LogP contribution >= 0.6 is 0 Å². The average Bonchev–Trinajstić information content (AvgIpc) is 2.31. The molecule has 0 atom stereocenters. The van der Waals surface area contributed by atoms with Gasteiger partial charge in [-0.25, -0.2) is 4.98 Å². The zero-order chi connectivity index (χ0) is 11.4. The molecule has 2 rings (SSSR count). The molecule has 0 N–H and O–H groups in total. The minimum atomic E-state index is -0.481. The van der Waals surface area contributed by atoms with Crippen molar-refractivity contribution in [1.82, 2.24) is 4.98 Å². The van der Waals surface area contributed by atoms with Gasteiger partial charge < -0.3 is 9.47 Å². The van der Waals surface area contributed by atoms with Gasteiger partial charge in [-0.1, -0.05) is 0 Å². The predicted octanol–water partition coefficient (Wildman–Crippen LogP) is 1.55. The zero-order valence-electron chi connectivity index (χ0n) is 8.67. The van der Waals surface area contributed by atoms with Crippen LogP contribution in [0.4, 0.5) is 5.69 Å². The van der Waals surface area contributed by atoms with E-state index in [2.05, 4.69) is 4.98 Å². The van der Waals surface area contributed by atoms with E-state index >= 15 is 0 Å². The van der Waals surface area contributed by atoms with Crippen LogP contribution < -0.4 is 4.74 Å². The molecule has 6 nitrogen and oxygen atoms in total. The number of pyridine rings is 1. The van der Waals surface area contributed by atoms with Crippen molar-refractivity contribution in [1.29, 1.82) is 0 Å². The molecular formula is C10H12N2O4. The van der Waals surface area contributed by atoms with Gasteiger partial charge in [-0.05, 0) is 0 Å². The third-order valence-electron chi connectivity index (χ3n) is 2.39. The first kappa shape index (κ1) is 10.8. The van der Waals surface area contributed by atoms with Crippen LogP contribution in [0.5, 0.6) is 5.88 Å². The standard InChI is InChI=1S/C10H12N2O4/c13-12(14)8-1-2-10(11-7-8)16-9-3-5-15-6-4-9/h1-2,7,9H,3-6H2. The fourth-order valence-corrected chi connectivity index (χ4v) is 1.51. The summed E-state index contributed by atoms with van der Waals surface area (Å²) < 4.78 is 10.8. The Morgan fingerprint density at radius 3 is 2.75 bits per heavy atom. The van der Waals surface area contributed by atoms with Gasteiger partial charge in [0.15, 0.2) is 0 Å². The molecule has 86 valence electrons. The molecule has 2 heterocycles.